The molecular weight excluding hydrogens is 855 g/mol. The molecule has 1 aromatic carbocycles. The van der Waals surface area contributed by atoms with Crippen molar-refractivity contribution in [3.8, 4) is 5.75 Å². The topological polar surface area (TPSA) is 290 Å². The third-order valence-corrected chi connectivity index (χ3v) is 11.7. The molecule has 0 aliphatic carbocycles. The first kappa shape index (κ1) is 60.2. The Bertz CT molecular complexity index is 1580. The second-order valence-corrected chi connectivity index (χ2v) is 18.6. The molecule has 17 nitrogen and oxygen atoms in total. The maximum Gasteiger partial charge on any atom is 0.243 e. The molecular formula is C50H89N9O8. The lowest BCUT2D eigenvalue weighted by Gasteiger charge is -2.27. The SMILES string of the molecule is CCCCCCCCCCCCCCCC(=O)NCC(=O)N[C@@H](Cc1ccc(O)cc1)C(=O)N[C@@H](CCC(N)=O)C(=O)N[C@@H](CCCCN)C(=O)N[C@@H](CCCCN)C(=O)N[C@H](C)CC(C)C. The van der Waals surface area contributed by atoms with E-state index in [4.69, 9.17) is 17.2 Å². The van der Waals surface area contributed by atoms with Crippen molar-refractivity contribution in [2.24, 2.45) is 23.1 Å². The fourth-order valence-electron chi connectivity index (χ4n) is 7.90. The van der Waals surface area contributed by atoms with Crippen molar-refractivity contribution >= 4 is 41.4 Å². The van der Waals surface area contributed by atoms with Crippen LogP contribution in [-0.4, -0.2) is 96.3 Å². The van der Waals surface area contributed by atoms with Crippen LogP contribution in [0.1, 0.15) is 181 Å². The number of carbonyl (C=O) groups is 7. The van der Waals surface area contributed by atoms with Gasteiger partial charge < -0.3 is 54.2 Å². The van der Waals surface area contributed by atoms with E-state index in [1.54, 1.807) is 12.1 Å². The monoisotopic (exact) mass is 944 g/mol. The molecule has 17 heteroatoms. The number of rotatable bonds is 40. The van der Waals surface area contributed by atoms with Gasteiger partial charge in [0.1, 0.15) is 29.9 Å². The van der Waals surface area contributed by atoms with Crippen LogP contribution in [0.4, 0.5) is 0 Å². The summed E-state index contributed by atoms with van der Waals surface area (Å²) in [5, 5.41) is 26.3. The normalized spacial score (nSPS) is 13.4. The number of unbranched alkanes of at least 4 members (excludes halogenated alkanes) is 14. The van der Waals surface area contributed by atoms with Crippen LogP contribution in [0.25, 0.3) is 0 Å². The third kappa shape index (κ3) is 30.3. The average molecular weight is 944 g/mol. The molecule has 0 aromatic heterocycles. The van der Waals surface area contributed by atoms with Crippen LogP contribution in [0.15, 0.2) is 24.3 Å². The maximum atomic E-state index is 14.0. The van der Waals surface area contributed by atoms with Gasteiger partial charge in [-0.05, 0) is 101 Å². The van der Waals surface area contributed by atoms with E-state index in [0.717, 1.165) is 25.7 Å². The Kier molecular flexibility index (Phi) is 33.5. The molecule has 0 spiro atoms. The molecule has 0 unspecified atom stereocenters. The number of aromatic hydroxyl groups is 1. The van der Waals surface area contributed by atoms with E-state index in [1.807, 2.05) is 20.8 Å². The molecule has 5 atom stereocenters. The smallest absolute Gasteiger partial charge is 0.243 e. The minimum Gasteiger partial charge on any atom is -0.508 e. The molecule has 0 aliphatic rings. The molecule has 0 radical (unpaired) electrons. The van der Waals surface area contributed by atoms with Crippen LogP contribution >= 0.6 is 0 Å². The number of nitrogens with two attached hydrogens (primary N) is 3. The standard InChI is InChI=1S/C50H89N9O8/c1-5-6-7-8-9-10-11-12-13-14-15-16-17-24-45(62)54-35-46(63)56-43(34-38-25-27-39(60)28-26-38)50(67)59-42(29-30-44(53)61)49(66)58-41(23-19-21-32-52)48(65)57-40(22-18-20-31-51)47(64)55-37(4)33-36(2)3/h25-28,36-37,40-43,60H,5-24,29-35,51-52H2,1-4H3,(H2,53,61)(H,54,62)(H,55,64)(H,56,63)(H,57,65)(H,58,66)(H,59,67)/t37-,40+,41+,42+,43+/m1/s1. The first-order chi connectivity index (χ1) is 32.1. The Hall–Kier alpha value is -4.77. The van der Waals surface area contributed by atoms with Crippen molar-refractivity contribution in [1.82, 2.24) is 31.9 Å². The Morgan fingerprint density at radius 2 is 0.970 bits per heavy atom. The quantitative estimate of drug-likeness (QED) is 0.0410. The molecule has 67 heavy (non-hydrogen) atoms. The van der Waals surface area contributed by atoms with Crippen LogP contribution in [-0.2, 0) is 40.0 Å². The van der Waals surface area contributed by atoms with E-state index < -0.39 is 53.7 Å². The summed E-state index contributed by atoms with van der Waals surface area (Å²) in [7, 11) is 0. The molecule has 0 heterocycles. The van der Waals surface area contributed by atoms with E-state index >= 15 is 0 Å². The van der Waals surface area contributed by atoms with Crippen molar-refractivity contribution in [2.45, 2.75) is 212 Å². The number of hydrogen-bond donors (Lipinski definition) is 10. The van der Waals surface area contributed by atoms with Gasteiger partial charge in [-0.2, -0.15) is 0 Å². The molecule has 0 saturated carbocycles. The molecule has 1 rings (SSSR count). The second-order valence-electron chi connectivity index (χ2n) is 18.6. The number of carbonyl (C=O) groups excluding carboxylic acids is 7. The molecule has 0 aliphatic heterocycles. The number of primary amides is 1. The van der Waals surface area contributed by atoms with Crippen LogP contribution in [0.2, 0.25) is 0 Å². The lowest BCUT2D eigenvalue weighted by molar-refractivity contribution is -0.135. The number of phenolic OH excluding ortho intramolecular Hbond substituents is 1. The van der Waals surface area contributed by atoms with Gasteiger partial charge in [-0.25, -0.2) is 0 Å². The van der Waals surface area contributed by atoms with Gasteiger partial charge in [0, 0.05) is 25.3 Å². The predicted molar refractivity (Wildman–Crippen MR) is 264 cm³/mol. The molecule has 13 N–H and O–H groups in total. The largest absolute Gasteiger partial charge is 0.508 e. The predicted octanol–water partition coefficient (Wildman–Crippen LogP) is 4.55. The minimum atomic E-state index is -1.37. The van der Waals surface area contributed by atoms with E-state index in [2.05, 4.69) is 38.8 Å². The van der Waals surface area contributed by atoms with Crippen molar-refractivity contribution in [3.63, 3.8) is 0 Å². The number of benzene rings is 1. The van der Waals surface area contributed by atoms with Crippen molar-refractivity contribution in [1.29, 1.82) is 0 Å². The fourth-order valence-corrected chi connectivity index (χ4v) is 7.90. The highest BCUT2D eigenvalue weighted by molar-refractivity contribution is 5.96. The lowest BCUT2D eigenvalue weighted by atomic mass is 10.0. The summed E-state index contributed by atoms with van der Waals surface area (Å²) in [4.78, 5) is 93.2. The van der Waals surface area contributed by atoms with Gasteiger partial charge in [0.25, 0.3) is 0 Å². The van der Waals surface area contributed by atoms with Crippen LogP contribution in [0, 0.1) is 5.92 Å². The zero-order valence-corrected chi connectivity index (χ0v) is 41.4. The molecule has 0 bridgehead atoms. The fraction of sp³-hybridized carbons (Fsp3) is 0.740. The Labute approximate surface area is 401 Å². The zero-order valence-electron chi connectivity index (χ0n) is 41.4. The summed E-state index contributed by atoms with van der Waals surface area (Å²) in [5.41, 5.74) is 17.5. The van der Waals surface area contributed by atoms with E-state index in [9.17, 15) is 38.7 Å². The van der Waals surface area contributed by atoms with E-state index in [-0.39, 0.29) is 62.3 Å². The van der Waals surface area contributed by atoms with E-state index in [0.29, 0.717) is 63.1 Å². The summed E-state index contributed by atoms with van der Waals surface area (Å²) in [6.45, 7) is 8.59. The Morgan fingerprint density at radius 1 is 0.522 bits per heavy atom. The number of nitrogens with one attached hydrogen (secondary N) is 6. The van der Waals surface area contributed by atoms with Gasteiger partial charge in [0.05, 0.1) is 6.54 Å². The summed E-state index contributed by atoms with van der Waals surface area (Å²) in [5.74, 6) is -3.85. The molecule has 7 amide bonds. The van der Waals surface area contributed by atoms with E-state index in [1.165, 1.54) is 69.9 Å². The molecule has 0 saturated heterocycles. The van der Waals surface area contributed by atoms with Crippen LogP contribution < -0.4 is 49.1 Å². The minimum absolute atomic E-state index is 0.00330. The zero-order chi connectivity index (χ0) is 49.8. The molecule has 1 aromatic rings. The third-order valence-electron chi connectivity index (χ3n) is 11.7. The average Bonchev–Trinajstić information content (AvgIpc) is 3.27. The summed E-state index contributed by atoms with van der Waals surface area (Å²) in [6, 6.07) is 1.21. The summed E-state index contributed by atoms with van der Waals surface area (Å²) >= 11 is 0. The first-order valence-corrected chi connectivity index (χ1v) is 25.3. The van der Waals surface area contributed by atoms with Crippen molar-refractivity contribution in [2.75, 3.05) is 19.6 Å². The Morgan fingerprint density at radius 3 is 1.43 bits per heavy atom. The van der Waals surface area contributed by atoms with Gasteiger partial charge in [-0.3, -0.25) is 33.6 Å². The highest BCUT2D eigenvalue weighted by Crippen LogP contribution is 2.15. The van der Waals surface area contributed by atoms with Gasteiger partial charge in [0.2, 0.25) is 41.4 Å². The second kappa shape index (κ2) is 37.2. The van der Waals surface area contributed by atoms with Gasteiger partial charge in [-0.15, -0.1) is 0 Å². The highest BCUT2D eigenvalue weighted by atomic mass is 16.3. The summed E-state index contributed by atoms with van der Waals surface area (Å²) in [6.07, 6.45) is 18.5. The van der Waals surface area contributed by atoms with Gasteiger partial charge in [0.15, 0.2) is 0 Å². The number of amides is 7. The maximum absolute atomic E-state index is 14.0. The van der Waals surface area contributed by atoms with Crippen molar-refractivity contribution in [3.05, 3.63) is 29.8 Å². The van der Waals surface area contributed by atoms with Crippen molar-refractivity contribution < 1.29 is 38.7 Å². The lowest BCUT2D eigenvalue weighted by Crippen LogP contribution is -2.59. The van der Waals surface area contributed by atoms with Gasteiger partial charge in [-0.1, -0.05) is 110 Å². The Balaban J connectivity index is 3.05. The van der Waals surface area contributed by atoms with Crippen LogP contribution in [0.3, 0.4) is 0 Å². The highest BCUT2D eigenvalue weighted by Gasteiger charge is 2.32. The first-order valence-electron chi connectivity index (χ1n) is 25.3. The number of hydrogen-bond acceptors (Lipinski definition) is 10. The summed E-state index contributed by atoms with van der Waals surface area (Å²) < 4.78 is 0. The molecule has 0 fully saturated rings. The molecule has 382 valence electrons. The van der Waals surface area contributed by atoms with Crippen LogP contribution in [0.5, 0.6) is 5.75 Å². The number of phenols is 1. The van der Waals surface area contributed by atoms with Gasteiger partial charge >= 0.3 is 0 Å².